The van der Waals surface area contributed by atoms with Crippen molar-refractivity contribution < 1.29 is 14.6 Å². The molecule has 0 saturated carbocycles. The minimum atomic E-state index is -0.989. The molecular weight excluding hydrogens is 286 g/mol. The third-order valence-electron chi connectivity index (χ3n) is 2.27. The average Bonchev–Trinajstić information content (AvgIpc) is 2.28. The lowest BCUT2D eigenvalue weighted by atomic mass is 10.1. The Labute approximate surface area is 106 Å². The van der Waals surface area contributed by atoms with E-state index in [1.54, 1.807) is 12.1 Å². The van der Waals surface area contributed by atoms with Crippen molar-refractivity contribution in [3.05, 3.63) is 34.4 Å². The van der Waals surface area contributed by atoms with E-state index in [-0.39, 0.29) is 5.56 Å². The third-order valence-corrected chi connectivity index (χ3v) is 2.87. The number of rotatable bonds is 3. The SMILES string of the molecule is CCOc1cc(Br)c2ncc(C(=O)O)cc2c1. The molecule has 1 N–H and O–H groups in total. The zero-order chi connectivity index (χ0) is 12.4. The Bertz CT molecular complexity index is 583. The highest BCUT2D eigenvalue weighted by Crippen LogP contribution is 2.28. The van der Waals surface area contributed by atoms with Crippen LogP contribution in [0.5, 0.6) is 5.75 Å². The second kappa shape index (κ2) is 4.71. The van der Waals surface area contributed by atoms with Gasteiger partial charge >= 0.3 is 5.97 Å². The van der Waals surface area contributed by atoms with E-state index in [1.807, 2.05) is 13.0 Å². The smallest absolute Gasteiger partial charge is 0.337 e. The molecule has 0 bridgehead atoms. The summed E-state index contributed by atoms with van der Waals surface area (Å²) in [5.74, 6) is -0.298. The maximum atomic E-state index is 10.9. The summed E-state index contributed by atoms with van der Waals surface area (Å²) in [7, 11) is 0. The Morgan fingerprint density at radius 1 is 1.47 bits per heavy atom. The number of halogens is 1. The number of aromatic carboxylic acids is 1. The first-order valence-electron chi connectivity index (χ1n) is 5.07. The third kappa shape index (κ3) is 2.39. The van der Waals surface area contributed by atoms with Crippen molar-refractivity contribution in [3.63, 3.8) is 0 Å². The molecular formula is C12H10BrNO3. The van der Waals surface area contributed by atoms with E-state index in [2.05, 4.69) is 20.9 Å². The lowest BCUT2D eigenvalue weighted by Crippen LogP contribution is -1.98. The Balaban J connectivity index is 2.62. The van der Waals surface area contributed by atoms with Crippen molar-refractivity contribution in [2.45, 2.75) is 6.92 Å². The number of ether oxygens (including phenoxy) is 1. The number of hydrogen-bond acceptors (Lipinski definition) is 3. The van der Waals surface area contributed by atoms with Gasteiger partial charge in [-0.25, -0.2) is 4.79 Å². The quantitative estimate of drug-likeness (QED) is 0.945. The van der Waals surface area contributed by atoms with Gasteiger partial charge in [-0.15, -0.1) is 0 Å². The normalized spacial score (nSPS) is 10.5. The van der Waals surface area contributed by atoms with Crippen molar-refractivity contribution in [1.29, 1.82) is 0 Å². The number of aromatic nitrogens is 1. The predicted octanol–water partition coefficient (Wildman–Crippen LogP) is 3.09. The van der Waals surface area contributed by atoms with E-state index in [0.717, 1.165) is 15.4 Å². The summed E-state index contributed by atoms with van der Waals surface area (Å²) < 4.78 is 6.18. The van der Waals surface area contributed by atoms with Crippen LogP contribution in [0, 0.1) is 0 Å². The van der Waals surface area contributed by atoms with Crippen molar-refractivity contribution >= 4 is 32.8 Å². The van der Waals surface area contributed by atoms with Crippen LogP contribution in [0.2, 0.25) is 0 Å². The molecule has 0 amide bonds. The van der Waals surface area contributed by atoms with Gasteiger partial charge in [-0.05, 0) is 41.1 Å². The van der Waals surface area contributed by atoms with Crippen LogP contribution in [-0.4, -0.2) is 22.7 Å². The number of nitrogens with zero attached hydrogens (tertiary/aromatic N) is 1. The predicted molar refractivity (Wildman–Crippen MR) is 67.6 cm³/mol. The molecule has 0 radical (unpaired) electrons. The van der Waals surface area contributed by atoms with Crippen LogP contribution in [0.1, 0.15) is 17.3 Å². The van der Waals surface area contributed by atoms with Gasteiger partial charge in [0.2, 0.25) is 0 Å². The number of pyridine rings is 1. The maximum Gasteiger partial charge on any atom is 0.337 e. The highest BCUT2D eigenvalue weighted by atomic mass is 79.9. The van der Waals surface area contributed by atoms with Crippen LogP contribution in [0.25, 0.3) is 10.9 Å². The van der Waals surface area contributed by atoms with Crippen LogP contribution < -0.4 is 4.74 Å². The summed E-state index contributed by atoms with van der Waals surface area (Å²) in [5.41, 5.74) is 0.886. The standard InChI is InChI=1S/C12H10BrNO3/c1-2-17-9-4-7-3-8(12(15)16)6-14-11(7)10(13)5-9/h3-6H,2H2,1H3,(H,15,16). The molecule has 2 aromatic rings. The van der Waals surface area contributed by atoms with Crippen molar-refractivity contribution in [3.8, 4) is 5.75 Å². The van der Waals surface area contributed by atoms with Gasteiger partial charge in [0.1, 0.15) is 5.75 Å². The fraction of sp³-hybridized carbons (Fsp3) is 0.167. The molecule has 88 valence electrons. The Morgan fingerprint density at radius 3 is 2.88 bits per heavy atom. The summed E-state index contributed by atoms with van der Waals surface area (Å²) >= 11 is 3.39. The van der Waals surface area contributed by atoms with Crippen LogP contribution >= 0.6 is 15.9 Å². The molecule has 0 aliphatic carbocycles. The minimum absolute atomic E-state index is 0.165. The largest absolute Gasteiger partial charge is 0.494 e. The topological polar surface area (TPSA) is 59.4 Å². The summed E-state index contributed by atoms with van der Waals surface area (Å²) in [6.07, 6.45) is 1.34. The van der Waals surface area contributed by atoms with Crippen molar-refractivity contribution in [2.24, 2.45) is 0 Å². The monoisotopic (exact) mass is 295 g/mol. The molecule has 2 rings (SSSR count). The molecule has 0 fully saturated rings. The number of fused-ring (bicyclic) bond motifs is 1. The Morgan fingerprint density at radius 2 is 2.24 bits per heavy atom. The van der Waals surface area contributed by atoms with Crippen LogP contribution in [0.4, 0.5) is 0 Å². The second-order valence-corrected chi connectivity index (χ2v) is 4.29. The number of carboxylic acids is 1. The van der Waals surface area contributed by atoms with Crippen LogP contribution in [0.3, 0.4) is 0 Å². The molecule has 0 aliphatic rings. The Hall–Kier alpha value is -1.62. The van der Waals surface area contributed by atoms with Crippen molar-refractivity contribution in [1.82, 2.24) is 4.98 Å². The van der Waals surface area contributed by atoms with Crippen LogP contribution in [-0.2, 0) is 0 Å². The molecule has 4 nitrogen and oxygen atoms in total. The van der Waals surface area contributed by atoms with Crippen LogP contribution in [0.15, 0.2) is 28.9 Å². The first kappa shape index (κ1) is 11.9. The molecule has 0 atom stereocenters. The highest BCUT2D eigenvalue weighted by molar-refractivity contribution is 9.10. The van der Waals surface area contributed by atoms with E-state index >= 15 is 0 Å². The van der Waals surface area contributed by atoms with Gasteiger partial charge in [-0.1, -0.05) is 0 Å². The summed E-state index contributed by atoms with van der Waals surface area (Å²) in [4.78, 5) is 15.0. The van der Waals surface area contributed by atoms with Gasteiger partial charge in [-0.3, -0.25) is 4.98 Å². The van der Waals surface area contributed by atoms with E-state index in [9.17, 15) is 4.79 Å². The number of hydrogen-bond donors (Lipinski definition) is 1. The van der Waals surface area contributed by atoms with E-state index in [1.165, 1.54) is 6.20 Å². The van der Waals surface area contributed by atoms with E-state index < -0.39 is 5.97 Å². The zero-order valence-corrected chi connectivity index (χ0v) is 10.7. The Kier molecular flexibility index (Phi) is 3.28. The lowest BCUT2D eigenvalue weighted by molar-refractivity contribution is 0.0696. The van der Waals surface area contributed by atoms with Gasteiger partial charge in [-0.2, -0.15) is 0 Å². The summed E-state index contributed by atoms with van der Waals surface area (Å²) in [5, 5.41) is 9.64. The van der Waals surface area contributed by atoms with Crippen molar-refractivity contribution in [2.75, 3.05) is 6.61 Å². The number of carboxylic acid groups (broad SMARTS) is 1. The highest BCUT2D eigenvalue weighted by Gasteiger charge is 2.08. The molecule has 0 saturated heterocycles. The van der Waals surface area contributed by atoms with Gasteiger partial charge < -0.3 is 9.84 Å². The second-order valence-electron chi connectivity index (χ2n) is 3.44. The minimum Gasteiger partial charge on any atom is -0.494 e. The first-order chi connectivity index (χ1) is 8.11. The molecule has 0 unspecified atom stereocenters. The number of carbonyl (C=O) groups is 1. The maximum absolute atomic E-state index is 10.9. The van der Waals surface area contributed by atoms with E-state index in [0.29, 0.717) is 12.4 Å². The van der Waals surface area contributed by atoms with Gasteiger partial charge in [0.15, 0.2) is 0 Å². The molecule has 0 spiro atoms. The molecule has 17 heavy (non-hydrogen) atoms. The zero-order valence-electron chi connectivity index (χ0n) is 9.11. The first-order valence-corrected chi connectivity index (χ1v) is 5.86. The fourth-order valence-corrected chi connectivity index (χ4v) is 2.10. The van der Waals surface area contributed by atoms with Gasteiger partial charge in [0.25, 0.3) is 0 Å². The summed E-state index contributed by atoms with van der Waals surface area (Å²) in [6.45, 7) is 2.45. The average molecular weight is 296 g/mol. The van der Waals surface area contributed by atoms with Gasteiger partial charge in [0.05, 0.1) is 17.7 Å². The number of benzene rings is 1. The molecule has 1 heterocycles. The lowest BCUT2D eigenvalue weighted by Gasteiger charge is -2.07. The molecule has 1 aromatic carbocycles. The molecule has 0 aliphatic heterocycles. The van der Waals surface area contributed by atoms with E-state index in [4.69, 9.17) is 9.84 Å². The molecule has 5 heteroatoms. The summed E-state index contributed by atoms with van der Waals surface area (Å²) in [6, 6.07) is 5.18. The fourth-order valence-electron chi connectivity index (χ4n) is 1.55. The van der Waals surface area contributed by atoms with Gasteiger partial charge in [0, 0.05) is 16.1 Å². The molecule has 1 aromatic heterocycles.